The summed E-state index contributed by atoms with van der Waals surface area (Å²) in [6.07, 6.45) is 8.23. The number of hydrogen-bond donors (Lipinski definition) is 0. The lowest BCUT2D eigenvalue weighted by Gasteiger charge is -2.23. The minimum atomic E-state index is 0.163. The lowest BCUT2D eigenvalue weighted by molar-refractivity contribution is -0.128. The predicted molar refractivity (Wildman–Crippen MR) is 72.8 cm³/mol. The van der Waals surface area contributed by atoms with Gasteiger partial charge in [-0.1, -0.05) is 23.3 Å². The molecule has 1 aliphatic carbocycles. The molecule has 1 rings (SSSR count). The molecule has 1 amide bonds. The molecule has 0 fully saturated rings. The third kappa shape index (κ3) is 4.37. The van der Waals surface area contributed by atoms with Crippen molar-refractivity contribution in [3.8, 4) is 0 Å². The van der Waals surface area contributed by atoms with Crippen molar-refractivity contribution < 1.29 is 4.79 Å². The van der Waals surface area contributed by atoms with E-state index in [0.717, 1.165) is 13.1 Å². The standard InChI is InChI=1S/C15H25NO/c1-5-16(14(4)17)11-10-13(3)15-8-6-12(2)7-9-15/h6,10,15H,5,7-9,11H2,1-4H3/b13-10-. The third-order valence-electron chi connectivity index (χ3n) is 3.74. The number of rotatable bonds is 4. The maximum absolute atomic E-state index is 11.3. The second-order valence-corrected chi connectivity index (χ2v) is 5.03. The fraction of sp³-hybridized carbons (Fsp3) is 0.667. The summed E-state index contributed by atoms with van der Waals surface area (Å²) in [5.41, 5.74) is 2.96. The molecule has 0 aromatic heterocycles. The van der Waals surface area contributed by atoms with Crippen molar-refractivity contribution in [2.75, 3.05) is 13.1 Å². The van der Waals surface area contributed by atoms with Gasteiger partial charge in [0.05, 0.1) is 0 Å². The van der Waals surface area contributed by atoms with E-state index in [4.69, 9.17) is 0 Å². The largest absolute Gasteiger partial charge is 0.339 e. The van der Waals surface area contributed by atoms with Crippen LogP contribution in [0, 0.1) is 5.92 Å². The maximum atomic E-state index is 11.3. The van der Waals surface area contributed by atoms with E-state index < -0.39 is 0 Å². The molecule has 0 saturated heterocycles. The van der Waals surface area contributed by atoms with Gasteiger partial charge in [-0.2, -0.15) is 0 Å². The number of carbonyl (C=O) groups excluding carboxylic acids is 1. The van der Waals surface area contributed by atoms with Crippen LogP contribution in [0.2, 0.25) is 0 Å². The van der Waals surface area contributed by atoms with Gasteiger partial charge in [0.25, 0.3) is 0 Å². The van der Waals surface area contributed by atoms with Crippen LogP contribution >= 0.6 is 0 Å². The molecule has 1 aliphatic rings. The zero-order chi connectivity index (χ0) is 12.8. The molecule has 1 atom stereocenters. The first-order chi connectivity index (χ1) is 8.04. The Hall–Kier alpha value is -1.05. The molecule has 1 unspecified atom stereocenters. The normalized spacial score (nSPS) is 21.1. The SMILES string of the molecule is CCN(C/C=C(/C)C1CC=C(C)CC1)C(C)=O. The van der Waals surface area contributed by atoms with E-state index in [-0.39, 0.29) is 5.91 Å². The van der Waals surface area contributed by atoms with Gasteiger partial charge in [-0.15, -0.1) is 0 Å². The summed E-state index contributed by atoms with van der Waals surface area (Å²) in [6.45, 7) is 9.63. The van der Waals surface area contributed by atoms with E-state index in [9.17, 15) is 4.79 Å². The van der Waals surface area contributed by atoms with Gasteiger partial charge in [-0.3, -0.25) is 4.79 Å². The minimum absolute atomic E-state index is 0.163. The van der Waals surface area contributed by atoms with Gasteiger partial charge in [0, 0.05) is 20.0 Å². The van der Waals surface area contributed by atoms with Crippen LogP contribution in [0.25, 0.3) is 0 Å². The molecule has 0 saturated carbocycles. The van der Waals surface area contributed by atoms with Gasteiger partial charge in [-0.05, 0) is 46.0 Å². The first-order valence-electron chi connectivity index (χ1n) is 6.62. The van der Waals surface area contributed by atoms with Crippen LogP contribution < -0.4 is 0 Å². The fourth-order valence-corrected chi connectivity index (χ4v) is 2.28. The van der Waals surface area contributed by atoms with Crippen molar-refractivity contribution in [2.24, 2.45) is 5.92 Å². The van der Waals surface area contributed by atoms with Crippen molar-refractivity contribution in [1.29, 1.82) is 0 Å². The minimum Gasteiger partial charge on any atom is -0.339 e. The Bertz CT molecular complexity index is 328. The van der Waals surface area contributed by atoms with E-state index in [0.29, 0.717) is 5.92 Å². The van der Waals surface area contributed by atoms with E-state index in [1.54, 1.807) is 6.92 Å². The highest BCUT2D eigenvalue weighted by atomic mass is 16.2. The number of carbonyl (C=O) groups is 1. The molecular formula is C15H25NO. The number of allylic oxidation sites excluding steroid dienone is 3. The monoisotopic (exact) mass is 235 g/mol. The maximum Gasteiger partial charge on any atom is 0.219 e. The Balaban J connectivity index is 2.52. The summed E-state index contributed by atoms with van der Waals surface area (Å²) >= 11 is 0. The van der Waals surface area contributed by atoms with Gasteiger partial charge in [0.2, 0.25) is 5.91 Å². The Labute approximate surface area is 105 Å². The van der Waals surface area contributed by atoms with Crippen molar-refractivity contribution in [1.82, 2.24) is 4.90 Å². The second kappa shape index (κ2) is 6.63. The molecule has 0 aromatic rings. The van der Waals surface area contributed by atoms with Gasteiger partial charge in [0.1, 0.15) is 0 Å². The summed E-state index contributed by atoms with van der Waals surface area (Å²) in [4.78, 5) is 13.2. The van der Waals surface area contributed by atoms with E-state index in [2.05, 4.69) is 26.0 Å². The molecule has 0 N–H and O–H groups in total. The number of nitrogens with zero attached hydrogens (tertiary/aromatic N) is 1. The Kier molecular flexibility index (Phi) is 5.46. The van der Waals surface area contributed by atoms with Crippen molar-refractivity contribution in [3.63, 3.8) is 0 Å². The van der Waals surface area contributed by atoms with Crippen LogP contribution in [0.3, 0.4) is 0 Å². The quantitative estimate of drug-likeness (QED) is 0.682. The lowest BCUT2D eigenvalue weighted by atomic mass is 9.85. The molecule has 0 spiro atoms. The molecule has 0 aromatic carbocycles. The molecule has 0 radical (unpaired) electrons. The van der Waals surface area contributed by atoms with Crippen molar-refractivity contribution >= 4 is 5.91 Å². The summed E-state index contributed by atoms with van der Waals surface area (Å²) < 4.78 is 0. The van der Waals surface area contributed by atoms with Crippen LogP contribution in [0.15, 0.2) is 23.3 Å². The molecule has 2 nitrogen and oxygen atoms in total. The topological polar surface area (TPSA) is 20.3 Å². The summed E-state index contributed by atoms with van der Waals surface area (Å²) in [6, 6.07) is 0. The number of amides is 1. The highest BCUT2D eigenvalue weighted by molar-refractivity contribution is 5.73. The van der Waals surface area contributed by atoms with E-state index >= 15 is 0 Å². The average Bonchev–Trinajstić information content (AvgIpc) is 2.30. The number of hydrogen-bond acceptors (Lipinski definition) is 1. The van der Waals surface area contributed by atoms with E-state index in [1.165, 1.54) is 30.4 Å². The second-order valence-electron chi connectivity index (χ2n) is 5.03. The van der Waals surface area contributed by atoms with Crippen LogP contribution in [-0.2, 0) is 4.79 Å². The lowest BCUT2D eigenvalue weighted by Crippen LogP contribution is -2.28. The predicted octanol–water partition coefficient (Wildman–Crippen LogP) is 3.55. The number of likely N-dealkylation sites (N-methyl/N-ethyl adjacent to an activating group) is 1. The van der Waals surface area contributed by atoms with Gasteiger partial charge in [0.15, 0.2) is 0 Å². The molecule has 0 aliphatic heterocycles. The Morgan fingerprint density at radius 1 is 1.53 bits per heavy atom. The van der Waals surface area contributed by atoms with Crippen LogP contribution in [0.4, 0.5) is 0 Å². The average molecular weight is 235 g/mol. The van der Waals surface area contributed by atoms with Crippen molar-refractivity contribution in [3.05, 3.63) is 23.3 Å². The Morgan fingerprint density at radius 3 is 2.71 bits per heavy atom. The molecule has 2 heteroatoms. The molecule has 96 valence electrons. The molecular weight excluding hydrogens is 210 g/mol. The summed E-state index contributed by atoms with van der Waals surface area (Å²) in [5.74, 6) is 0.847. The third-order valence-corrected chi connectivity index (χ3v) is 3.74. The van der Waals surface area contributed by atoms with Crippen molar-refractivity contribution in [2.45, 2.75) is 47.0 Å². The first kappa shape index (κ1) is 14.0. The smallest absolute Gasteiger partial charge is 0.219 e. The van der Waals surface area contributed by atoms with Gasteiger partial charge < -0.3 is 4.90 Å². The van der Waals surface area contributed by atoms with Crippen LogP contribution in [0.1, 0.15) is 47.0 Å². The highest BCUT2D eigenvalue weighted by Crippen LogP contribution is 2.28. The summed E-state index contributed by atoms with van der Waals surface area (Å²) in [7, 11) is 0. The van der Waals surface area contributed by atoms with Crippen LogP contribution in [0.5, 0.6) is 0 Å². The van der Waals surface area contributed by atoms with Gasteiger partial charge >= 0.3 is 0 Å². The molecule has 0 heterocycles. The fourth-order valence-electron chi connectivity index (χ4n) is 2.28. The molecule has 0 bridgehead atoms. The van der Waals surface area contributed by atoms with E-state index in [1.807, 2.05) is 11.8 Å². The Morgan fingerprint density at radius 2 is 2.24 bits per heavy atom. The first-order valence-corrected chi connectivity index (χ1v) is 6.62. The van der Waals surface area contributed by atoms with Crippen LogP contribution in [-0.4, -0.2) is 23.9 Å². The molecule has 17 heavy (non-hydrogen) atoms. The highest BCUT2D eigenvalue weighted by Gasteiger charge is 2.14. The summed E-state index contributed by atoms with van der Waals surface area (Å²) in [5, 5.41) is 0. The van der Waals surface area contributed by atoms with Gasteiger partial charge in [-0.25, -0.2) is 0 Å². The zero-order valence-electron chi connectivity index (χ0n) is 11.6. The zero-order valence-corrected chi connectivity index (χ0v) is 11.6.